The number of nitrogens with one attached hydrogen (secondary N) is 1. The largest absolute Gasteiger partial charge is 0.480 e. The third kappa shape index (κ3) is 3.54. The Kier molecular flexibility index (Phi) is 5.06. The van der Waals surface area contributed by atoms with Gasteiger partial charge >= 0.3 is 5.97 Å². The van der Waals surface area contributed by atoms with Gasteiger partial charge in [0.15, 0.2) is 0 Å². The molecule has 1 unspecified atom stereocenters. The fourth-order valence-electron chi connectivity index (χ4n) is 2.75. The van der Waals surface area contributed by atoms with Crippen LogP contribution in [0.2, 0.25) is 0 Å². The molecule has 1 saturated carbocycles. The molecule has 0 bridgehead atoms. The summed E-state index contributed by atoms with van der Waals surface area (Å²) in [5.74, 6) is -2.89. The molecule has 1 aromatic rings. The maximum absolute atomic E-state index is 13.8. The van der Waals surface area contributed by atoms with Crippen molar-refractivity contribution >= 4 is 5.97 Å². The lowest BCUT2D eigenvalue weighted by atomic mass is 10.0. The number of hydrogen-bond donors (Lipinski definition) is 2. The van der Waals surface area contributed by atoms with E-state index in [0.717, 1.165) is 50.7 Å². The van der Waals surface area contributed by atoms with E-state index in [1.807, 2.05) is 0 Å². The zero-order valence-corrected chi connectivity index (χ0v) is 11.2. The van der Waals surface area contributed by atoms with E-state index in [1.165, 1.54) is 6.07 Å². The third-order valence-corrected chi connectivity index (χ3v) is 3.79. The first-order valence-electron chi connectivity index (χ1n) is 7.02. The van der Waals surface area contributed by atoms with Crippen LogP contribution in [0, 0.1) is 11.6 Å². The Labute approximate surface area is 117 Å². The molecular formula is C15H19F2NO2. The van der Waals surface area contributed by atoms with Crippen molar-refractivity contribution in [1.29, 1.82) is 0 Å². The van der Waals surface area contributed by atoms with Crippen LogP contribution < -0.4 is 5.32 Å². The first-order valence-corrected chi connectivity index (χ1v) is 7.02. The van der Waals surface area contributed by atoms with Crippen LogP contribution >= 0.6 is 0 Å². The topological polar surface area (TPSA) is 49.3 Å². The van der Waals surface area contributed by atoms with Gasteiger partial charge < -0.3 is 5.11 Å². The molecule has 0 radical (unpaired) electrons. The zero-order chi connectivity index (χ0) is 14.5. The van der Waals surface area contributed by atoms with Crippen molar-refractivity contribution in [2.24, 2.45) is 0 Å². The molecule has 1 aromatic carbocycles. The summed E-state index contributed by atoms with van der Waals surface area (Å²) in [7, 11) is 0. The van der Waals surface area contributed by atoms with E-state index in [2.05, 4.69) is 5.32 Å². The molecule has 1 aliphatic carbocycles. The Morgan fingerprint density at radius 2 is 1.70 bits per heavy atom. The average molecular weight is 283 g/mol. The molecule has 0 spiro atoms. The van der Waals surface area contributed by atoms with Gasteiger partial charge in [0, 0.05) is 6.04 Å². The number of rotatable bonds is 4. The maximum atomic E-state index is 13.8. The highest BCUT2D eigenvalue weighted by molar-refractivity contribution is 5.75. The minimum atomic E-state index is -1.33. The molecule has 0 aromatic heterocycles. The molecule has 2 rings (SSSR count). The summed E-state index contributed by atoms with van der Waals surface area (Å²) in [4.78, 5) is 11.4. The van der Waals surface area contributed by atoms with Crippen LogP contribution in [0.1, 0.15) is 50.1 Å². The first-order chi connectivity index (χ1) is 9.59. The van der Waals surface area contributed by atoms with Crippen molar-refractivity contribution in [1.82, 2.24) is 5.32 Å². The molecule has 0 saturated heterocycles. The lowest BCUT2D eigenvalue weighted by molar-refractivity contribution is -0.140. The lowest BCUT2D eigenvalue weighted by Gasteiger charge is -2.23. The second kappa shape index (κ2) is 6.79. The number of hydrogen-bond acceptors (Lipinski definition) is 2. The Morgan fingerprint density at radius 1 is 1.15 bits per heavy atom. The van der Waals surface area contributed by atoms with Crippen LogP contribution in [0.3, 0.4) is 0 Å². The SMILES string of the molecule is O=C(O)C(NC1CCCCCC1)c1c(F)cccc1F. The number of aliphatic carboxylic acids is 1. The van der Waals surface area contributed by atoms with Crippen molar-refractivity contribution < 1.29 is 18.7 Å². The number of carboxylic acid groups (broad SMARTS) is 1. The highest BCUT2D eigenvalue weighted by Crippen LogP contribution is 2.25. The molecule has 0 heterocycles. The van der Waals surface area contributed by atoms with Gasteiger partial charge in [0.1, 0.15) is 17.7 Å². The summed E-state index contributed by atoms with van der Waals surface area (Å²) in [6.07, 6.45) is 5.99. The summed E-state index contributed by atoms with van der Waals surface area (Å²) in [5, 5.41) is 12.2. The average Bonchev–Trinajstić information content (AvgIpc) is 2.65. The van der Waals surface area contributed by atoms with E-state index in [-0.39, 0.29) is 6.04 Å². The fourth-order valence-corrected chi connectivity index (χ4v) is 2.75. The lowest BCUT2D eigenvalue weighted by Crippen LogP contribution is -2.37. The van der Waals surface area contributed by atoms with Gasteiger partial charge in [-0.15, -0.1) is 0 Å². The van der Waals surface area contributed by atoms with Crippen molar-refractivity contribution in [3.63, 3.8) is 0 Å². The minimum absolute atomic E-state index is 0.00222. The molecule has 2 N–H and O–H groups in total. The molecule has 20 heavy (non-hydrogen) atoms. The van der Waals surface area contributed by atoms with Gasteiger partial charge in [-0.25, -0.2) is 8.78 Å². The normalized spacial score (nSPS) is 18.5. The summed E-state index contributed by atoms with van der Waals surface area (Å²) in [6.45, 7) is 0. The van der Waals surface area contributed by atoms with Crippen molar-refractivity contribution in [3.8, 4) is 0 Å². The standard InChI is InChI=1S/C15H19F2NO2/c16-11-8-5-9-12(17)13(11)14(15(19)20)18-10-6-3-1-2-4-7-10/h5,8-10,14,18H,1-4,6-7H2,(H,19,20). The molecule has 0 aliphatic heterocycles. The van der Waals surface area contributed by atoms with Crippen LogP contribution in [0.4, 0.5) is 8.78 Å². The van der Waals surface area contributed by atoms with E-state index in [1.54, 1.807) is 0 Å². The van der Waals surface area contributed by atoms with E-state index >= 15 is 0 Å². The highest BCUT2D eigenvalue weighted by Gasteiger charge is 2.29. The van der Waals surface area contributed by atoms with Gasteiger partial charge in [0.05, 0.1) is 5.56 Å². The minimum Gasteiger partial charge on any atom is -0.480 e. The Morgan fingerprint density at radius 3 is 2.20 bits per heavy atom. The Bertz CT molecular complexity index is 451. The third-order valence-electron chi connectivity index (χ3n) is 3.79. The van der Waals surface area contributed by atoms with Crippen molar-refractivity contribution in [2.75, 3.05) is 0 Å². The number of carboxylic acids is 1. The monoisotopic (exact) mass is 283 g/mol. The molecule has 1 atom stereocenters. The zero-order valence-electron chi connectivity index (χ0n) is 11.2. The van der Waals surface area contributed by atoms with Gasteiger partial charge in [0.2, 0.25) is 0 Å². The first kappa shape index (κ1) is 14.9. The summed E-state index contributed by atoms with van der Waals surface area (Å²) >= 11 is 0. The maximum Gasteiger partial charge on any atom is 0.325 e. The molecule has 3 nitrogen and oxygen atoms in total. The van der Waals surface area contributed by atoms with Crippen LogP contribution in [-0.2, 0) is 4.79 Å². The van der Waals surface area contributed by atoms with E-state index < -0.39 is 29.2 Å². The van der Waals surface area contributed by atoms with Crippen LogP contribution in [0.5, 0.6) is 0 Å². The van der Waals surface area contributed by atoms with Gasteiger partial charge in [0.25, 0.3) is 0 Å². The second-order valence-electron chi connectivity index (χ2n) is 5.26. The van der Waals surface area contributed by atoms with Crippen LogP contribution in [0.25, 0.3) is 0 Å². The van der Waals surface area contributed by atoms with Gasteiger partial charge in [-0.3, -0.25) is 10.1 Å². The van der Waals surface area contributed by atoms with Crippen molar-refractivity contribution in [3.05, 3.63) is 35.4 Å². The molecular weight excluding hydrogens is 264 g/mol. The molecule has 0 amide bonds. The molecule has 5 heteroatoms. The van der Waals surface area contributed by atoms with E-state index in [4.69, 9.17) is 0 Å². The summed E-state index contributed by atoms with van der Waals surface area (Å²) in [5.41, 5.74) is -0.399. The predicted octanol–water partition coefficient (Wildman–Crippen LogP) is 3.40. The number of carbonyl (C=O) groups is 1. The van der Waals surface area contributed by atoms with E-state index in [9.17, 15) is 18.7 Å². The van der Waals surface area contributed by atoms with Crippen molar-refractivity contribution in [2.45, 2.75) is 50.6 Å². The van der Waals surface area contributed by atoms with Crippen LogP contribution in [0.15, 0.2) is 18.2 Å². The number of benzene rings is 1. The van der Waals surface area contributed by atoms with Gasteiger partial charge in [-0.05, 0) is 25.0 Å². The van der Waals surface area contributed by atoms with Gasteiger partial charge in [-0.2, -0.15) is 0 Å². The summed E-state index contributed by atoms with van der Waals surface area (Å²) in [6, 6.07) is 2.07. The Hall–Kier alpha value is -1.49. The highest BCUT2D eigenvalue weighted by atomic mass is 19.1. The van der Waals surface area contributed by atoms with E-state index in [0.29, 0.717) is 0 Å². The smallest absolute Gasteiger partial charge is 0.325 e. The predicted molar refractivity (Wildman–Crippen MR) is 71.4 cm³/mol. The molecule has 110 valence electrons. The Balaban J connectivity index is 2.20. The van der Waals surface area contributed by atoms with Gasteiger partial charge in [-0.1, -0.05) is 31.7 Å². The molecule has 1 fully saturated rings. The fraction of sp³-hybridized carbons (Fsp3) is 0.533. The second-order valence-corrected chi connectivity index (χ2v) is 5.26. The molecule has 1 aliphatic rings. The summed E-state index contributed by atoms with van der Waals surface area (Å²) < 4.78 is 27.5. The quantitative estimate of drug-likeness (QED) is 0.833. The van der Waals surface area contributed by atoms with Crippen LogP contribution in [-0.4, -0.2) is 17.1 Å². The number of halogens is 2.